The van der Waals surface area contributed by atoms with Crippen molar-refractivity contribution < 1.29 is 36.2 Å². The Kier molecular flexibility index (Phi) is 8.45. The van der Waals surface area contributed by atoms with E-state index in [9.17, 15) is 23.1 Å². The van der Waals surface area contributed by atoms with Crippen LogP contribution in [0.15, 0.2) is 83.5 Å². The fourth-order valence-electron chi connectivity index (χ4n) is 4.13. The number of aliphatic carboxylic acids is 1. The van der Waals surface area contributed by atoms with Crippen molar-refractivity contribution in [1.82, 2.24) is 5.32 Å². The van der Waals surface area contributed by atoms with E-state index in [1.165, 1.54) is 24.3 Å². The second-order valence-electron chi connectivity index (χ2n) is 8.20. The molecule has 1 aliphatic carbocycles. The molecule has 2 N–H and O–H groups in total. The Morgan fingerprint density at radius 1 is 0.947 bits per heavy atom. The molecule has 198 valence electrons. The number of carbonyl (C=O) groups excluding carboxylic acids is 1. The zero-order valence-electron chi connectivity index (χ0n) is 19.5. The monoisotopic (exact) mass is 577 g/mol. The van der Waals surface area contributed by atoms with Gasteiger partial charge in [-0.15, -0.1) is 8.42 Å². The summed E-state index contributed by atoms with van der Waals surface area (Å²) in [7, 11) is -4.46. The molecule has 3 aromatic rings. The third-order valence-corrected chi connectivity index (χ3v) is 6.66. The van der Waals surface area contributed by atoms with Gasteiger partial charge in [0.25, 0.3) is 0 Å². The number of carboxylic acids is 1. The van der Waals surface area contributed by atoms with E-state index < -0.39 is 33.0 Å². The highest BCUT2D eigenvalue weighted by Crippen LogP contribution is 2.44. The molecule has 0 fully saturated rings. The van der Waals surface area contributed by atoms with Crippen LogP contribution in [0.2, 0.25) is 0 Å². The molecule has 0 radical (unpaired) electrons. The van der Waals surface area contributed by atoms with Gasteiger partial charge in [-0.3, -0.25) is 0 Å². The van der Waals surface area contributed by atoms with Gasteiger partial charge in [-0.1, -0.05) is 83.9 Å². The van der Waals surface area contributed by atoms with Gasteiger partial charge in [-0.25, -0.2) is 9.59 Å². The molecule has 0 aromatic heterocycles. The molecule has 0 saturated heterocycles. The van der Waals surface area contributed by atoms with Gasteiger partial charge in [0.15, 0.2) is 0 Å². The van der Waals surface area contributed by atoms with Crippen LogP contribution in [0, 0.1) is 0 Å². The molecule has 38 heavy (non-hydrogen) atoms. The summed E-state index contributed by atoms with van der Waals surface area (Å²) < 4.78 is 37.6. The highest BCUT2D eigenvalue weighted by Gasteiger charge is 2.30. The maximum absolute atomic E-state index is 12.5. The van der Waals surface area contributed by atoms with Gasteiger partial charge in [0.05, 0.1) is 0 Å². The number of hydrogen-bond donors (Lipinski definition) is 2. The maximum atomic E-state index is 12.5. The number of halogens is 2. The molecular formula is C26H21Cl2NO8S. The minimum absolute atomic E-state index is 0.0406. The van der Waals surface area contributed by atoms with Crippen molar-refractivity contribution in [2.75, 3.05) is 6.61 Å². The number of carboxylic acid groups (broad SMARTS) is 1. The first kappa shape index (κ1) is 27.3. The lowest BCUT2D eigenvalue weighted by Crippen LogP contribution is -2.42. The van der Waals surface area contributed by atoms with Crippen LogP contribution in [0.25, 0.3) is 11.1 Å². The van der Waals surface area contributed by atoms with E-state index in [-0.39, 0.29) is 24.7 Å². The number of rotatable bonds is 10. The van der Waals surface area contributed by atoms with E-state index in [0.29, 0.717) is 11.8 Å². The Bertz CT molecular complexity index is 1430. The molecule has 1 atom stereocenters. The molecule has 0 heterocycles. The summed E-state index contributed by atoms with van der Waals surface area (Å²) in [5.74, 6) is -1.52. The smallest absolute Gasteiger partial charge is 0.480 e. The minimum atomic E-state index is -4.46. The largest absolute Gasteiger partial charge is 0.500 e. The summed E-state index contributed by atoms with van der Waals surface area (Å²) in [5.41, 5.74) is 4.71. The molecule has 0 saturated carbocycles. The third-order valence-electron chi connectivity index (χ3n) is 5.75. The van der Waals surface area contributed by atoms with E-state index in [1.807, 2.05) is 48.5 Å². The second kappa shape index (κ2) is 11.8. The van der Waals surface area contributed by atoms with Crippen molar-refractivity contribution in [1.29, 1.82) is 0 Å². The lowest BCUT2D eigenvalue weighted by atomic mass is 9.98. The molecular weight excluding hydrogens is 557 g/mol. The molecule has 0 unspecified atom stereocenters. The van der Waals surface area contributed by atoms with Crippen molar-refractivity contribution in [3.05, 3.63) is 100 Å². The first-order valence-electron chi connectivity index (χ1n) is 11.2. The number of benzene rings is 3. The van der Waals surface area contributed by atoms with E-state index in [1.54, 1.807) is 0 Å². The van der Waals surface area contributed by atoms with Crippen molar-refractivity contribution in [2.45, 2.75) is 18.4 Å². The van der Waals surface area contributed by atoms with Gasteiger partial charge < -0.3 is 23.5 Å². The van der Waals surface area contributed by atoms with Gasteiger partial charge in [-0.05, 0) is 39.9 Å². The summed E-state index contributed by atoms with van der Waals surface area (Å²) in [6, 6.07) is 19.9. The Labute approximate surface area is 228 Å². The Morgan fingerprint density at radius 3 is 2.08 bits per heavy atom. The van der Waals surface area contributed by atoms with Gasteiger partial charge in [-0.2, -0.15) is 0 Å². The molecule has 12 heteroatoms. The van der Waals surface area contributed by atoms with E-state index in [2.05, 4.69) is 9.50 Å². The van der Waals surface area contributed by atoms with Gasteiger partial charge in [0.1, 0.15) is 29.2 Å². The number of ether oxygens (including phenoxy) is 1. The van der Waals surface area contributed by atoms with Gasteiger partial charge >= 0.3 is 22.5 Å². The topological polar surface area (TPSA) is 128 Å². The average Bonchev–Trinajstić information content (AvgIpc) is 3.20. The summed E-state index contributed by atoms with van der Waals surface area (Å²) in [6.45, 7) is 0.0406. The predicted octanol–water partition coefficient (Wildman–Crippen LogP) is 5.14. The Balaban J connectivity index is 1.36. The number of fused-ring (bicyclic) bond motifs is 3. The van der Waals surface area contributed by atoms with Crippen LogP contribution >= 0.6 is 23.2 Å². The highest BCUT2D eigenvalue weighted by molar-refractivity contribution is 7.82. The van der Waals surface area contributed by atoms with Crippen LogP contribution in [-0.4, -0.2) is 38.2 Å². The summed E-state index contributed by atoms with van der Waals surface area (Å²) in [5, 5.41) is 12.0. The van der Waals surface area contributed by atoms with E-state index in [4.69, 9.17) is 32.1 Å². The predicted molar refractivity (Wildman–Crippen MR) is 140 cm³/mol. The number of carbonyl (C=O) groups is 2. The zero-order chi connectivity index (χ0) is 27.3. The lowest BCUT2D eigenvalue weighted by molar-refractivity contribution is -0.139. The van der Waals surface area contributed by atoms with Crippen LogP contribution in [0.5, 0.6) is 5.75 Å². The number of amides is 1. The van der Waals surface area contributed by atoms with Crippen LogP contribution in [-0.2, 0) is 30.5 Å². The van der Waals surface area contributed by atoms with Crippen molar-refractivity contribution in [2.24, 2.45) is 0 Å². The van der Waals surface area contributed by atoms with Crippen molar-refractivity contribution in [3.63, 3.8) is 0 Å². The molecule has 3 aromatic carbocycles. The van der Waals surface area contributed by atoms with Gasteiger partial charge in [0.2, 0.25) is 0 Å². The third kappa shape index (κ3) is 6.77. The quantitative estimate of drug-likeness (QED) is 0.317. The molecule has 1 aliphatic rings. The highest BCUT2D eigenvalue weighted by atomic mass is 35.5. The normalized spacial score (nSPS) is 13.0. The molecule has 1 amide bonds. The maximum Gasteiger partial charge on any atom is 0.500 e. The SMILES string of the molecule is O=C(N[C@@H](Cc1ccc(OS(=O)(=O)OC=C(Cl)Cl)cc1)C(=O)O)OCC1c2ccccc2-c2ccccc21. The molecule has 9 nitrogen and oxygen atoms in total. The van der Waals surface area contributed by atoms with Crippen LogP contribution in [0.1, 0.15) is 22.6 Å². The zero-order valence-corrected chi connectivity index (χ0v) is 21.9. The molecule has 0 spiro atoms. The first-order chi connectivity index (χ1) is 18.1. The Hall–Kier alpha value is -3.73. The standard InChI is InChI=1S/C26H21Cl2NO8S/c27-24(28)15-36-38(33,34)37-17-11-9-16(10-12-17)13-23(25(30)31)29-26(32)35-14-22-20-7-3-1-5-18(20)19-6-2-4-8-21(19)22/h1-12,15,22-23H,13-14H2,(H,29,32)(H,30,31)/t23-/m0/s1. The van der Waals surface area contributed by atoms with Gasteiger partial charge in [0, 0.05) is 12.3 Å². The Morgan fingerprint density at radius 2 is 1.53 bits per heavy atom. The average molecular weight is 578 g/mol. The second-order valence-corrected chi connectivity index (χ2v) is 10.4. The van der Waals surface area contributed by atoms with Crippen molar-refractivity contribution >= 4 is 45.7 Å². The minimum Gasteiger partial charge on any atom is -0.480 e. The molecule has 0 bridgehead atoms. The van der Waals surface area contributed by atoms with E-state index in [0.717, 1.165) is 22.3 Å². The van der Waals surface area contributed by atoms with Crippen molar-refractivity contribution in [3.8, 4) is 16.9 Å². The number of nitrogens with one attached hydrogen (secondary N) is 1. The summed E-state index contributed by atoms with van der Waals surface area (Å²) in [4.78, 5) is 24.3. The number of hydrogen-bond acceptors (Lipinski definition) is 7. The fourth-order valence-corrected chi connectivity index (χ4v) is 4.93. The lowest BCUT2D eigenvalue weighted by Gasteiger charge is -2.17. The summed E-state index contributed by atoms with van der Waals surface area (Å²) >= 11 is 10.6. The fraction of sp³-hybridized carbons (Fsp3) is 0.154. The van der Waals surface area contributed by atoms with Crippen LogP contribution < -0.4 is 9.50 Å². The molecule has 4 rings (SSSR count). The van der Waals surface area contributed by atoms with Crippen LogP contribution in [0.3, 0.4) is 0 Å². The van der Waals surface area contributed by atoms with Crippen LogP contribution in [0.4, 0.5) is 4.79 Å². The van der Waals surface area contributed by atoms with E-state index >= 15 is 0 Å². The summed E-state index contributed by atoms with van der Waals surface area (Å²) in [6.07, 6.45) is -0.374. The molecule has 0 aliphatic heterocycles. The number of alkyl carbamates (subject to hydrolysis) is 1. The first-order valence-corrected chi connectivity index (χ1v) is 13.3.